The van der Waals surface area contributed by atoms with E-state index in [9.17, 15) is 18.0 Å². The highest BCUT2D eigenvalue weighted by atomic mass is 35.5. The number of unbranched alkanes of at least 4 members (excludes halogenated alkanes) is 3. The van der Waals surface area contributed by atoms with Gasteiger partial charge < -0.3 is 19.5 Å². The fourth-order valence-corrected chi connectivity index (χ4v) is 3.13. The van der Waals surface area contributed by atoms with Crippen LogP contribution in [0.2, 0.25) is 0 Å². The molecular weight excluding hydrogens is 459 g/mol. The van der Waals surface area contributed by atoms with Gasteiger partial charge in [0, 0.05) is 18.2 Å². The van der Waals surface area contributed by atoms with Crippen molar-refractivity contribution < 1.29 is 32.2 Å². The highest BCUT2D eigenvalue weighted by Gasteiger charge is 2.30. The number of nitrogens with one attached hydrogen (secondary N) is 1. The number of hydrogen-bond acceptors (Lipinski definition) is 5. The summed E-state index contributed by atoms with van der Waals surface area (Å²) in [6.45, 7) is 1.81. The minimum atomic E-state index is -4.45. The van der Waals surface area contributed by atoms with Crippen molar-refractivity contribution in [1.29, 1.82) is 0 Å². The monoisotopic (exact) mass is 487 g/mol. The van der Waals surface area contributed by atoms with Crippen molar-refractivity contribution in [2.24, 2.45) is 0 Å². The van der Waals surface area contributed by atoms with E-state index in [1.807, 2.05) is 0 Å². The zero-order valence-electron chi connectivity index (χ0n) is 18.3. The molecule has 0 saturated carbocycles. The van der Waals surface area contributed by atoms with E-state index < -0.39 is 17.7 Å². The Kier molecular flexibility index (Phi) is 12.1. The molecule has 2 aromatic carbocycles. The van der Waals surface area contributed by atoms with Crippen LogP contribution in [-0.4, -0.2) is 44.9 Å². The lowest BCUT2D eigenvalue weighted by Gasteiger charge is -2.13. The van der Waals surface area contributed by atoms with Crippen molar-refractivity contribution in [3.63, 3.8) is 0 Å². The van der Waals surface area contributed by atoms with Crippen LogP contribution in [0.4, 0.5) is 24.5 Å². The van der Waals surface area contributed by atoms with Gasteiger partial charge in [0.2, 0.25) is 0 Å². The molecule has 2 aromatic rings. The molecule has 0 saturated heterocycles. The standard InChI is InChI=1S/C24H29ClF3NO4/c25-12-5-1-2-6-13-31-14-15-32-16-17-33-23(30)21-10-3-4-11-22(21)29-20-9-7-8-19(18-20)24(26,27)28/h3-4,7-11,18,29H,1-2,5-6,12-17H2. The lowest BCUT2D eigenvalue weighted by Crippen LogP contribution is -2.14. The van der Waals surface area contributed by atoms with Gasteiger partial charge in [0.15, 0.2) is 0 Å². The molecule has 0 aromatic heterocycles. The molecule has 1 N–H and O–H groups in total. The molecule has 182 valence electrons. The Labute approximate surface area is 197 Å². The first-order valence-electron chi connectivity index (χ1n) is 10.8. The van der Waals surface area contributed by atoms with Gasteiger partial charge in [0.05, 0.1) is 36.6 Å². The first-order chi connectivity index (χ1) is 15.9. The summed E-state index contributed by atoms with van der Waals surface area (Å²) < 4.78 is 54.9. The van der Waals surface area contributed by atoms with Gasteiger partial charge in [-0.15, -0.1) is 11.6 Å². The zero-order valence-corrected chi connectivity index (χ0v) is 19.1. The molecule has 0 spiro atoms. The van der Waals surface area contributed by atoms with E-state index in [4.69, 9.17) is 25.8 Å². The van der Waals surface area contributed by atoms with Crippen LogP contribution in [0, 0.1) is 0 Å². The molecule has 0 atom stereocenters. The predicted molar refractivity (Wildman–Crippen MR) is 122 cm³/mol. The Morgan fingerprint density at radius 1 is 0.848 bits per heavy atom. The van der Waals surface area contributed by atoms with Gasteiger partial charge in [0.1, 0.15) is 6.61 Å². The Morgan fingerprint density at radius 3 is 2.30 bits per heavy atom. The Morgan fingerprint density at radius 2 is 1.55 bits per heavy atom. The first kappa shape index (κ1) is 27.0. The van der Waals surface area contributed by atoms with Crippen molar-refractivity contribution >= 4 is 28.9 Å². The average Bonchev–Trinajstić information content (AvgIpc) is 2.79. The van der Waals surface area contributed by atoms with Crippen molar-refractivity contribution in [3.05, 3.63) is 59.7 Å². The van der Waals surface area contributed by atoms with Crippen molar-refractivity contribution in [2.45, 2.75) is 31.9 Å². The minimum absolute atomic E-state index is 0.0507. The number of esters is 1. The summed E-state index contributed by atoms with van der Waals surface area (Å²) in [6, 6.07) is 11.2. The maximum Gasteiger partial charge on any atom is 0.416 e. The number of hydrogen-bond donors (Lipinski definition) is 1. The van der Waals surface area contributed by atoms with Gasteiger partial charge in [0.25, 0.3) is 0 Å². The SMILES string of the molecule is O=C(OCCOCCOCCCCCCCl)c1ccccc1Nc1cccc(C(F)(F)F)c1. The molecule has 2 rings (SSSR count). The molecule has 33 heavy (non-hydrogen) atoms. The molecular formula is C24H29ClF3NO4. The first-order valence-corrected chi connectivity index (χ1v) is 11.4. The van der Waals surface area contributed by atoms with Gasteiger partial charge >= 0.3 is 12.1 Å². The summed E-state index contributed by atoms with van der Waals surface area (Å²) in [7, 11) is 0. The number of benzene rings is 2. The molecule has 0 heterocycles. The smallest absolute Gasteiger partial charge is 0.416 e. The predicted octanol–water partition coefficient (Wildman–Crippen LogP) is 6.44. The third-order valence-corrected chi connectivity index (χ3v) is 4.89. The average molecular weight is 488 g/mol. The summed E-state index contributed by atoms with van der Waals surface area (Å²) in [5.41, 5.74) is 0.00191. The molecule has 0 aliphatic rings. The molecule has 0 aliphatic heterocycles. The summed E-state index contributed by atoms with van der Waals surface area (Å²) in [6.07, 6.45) is -0.246. The van der Waals surface area contributed by atoms with Crippen LogP contribution in [0.5, 0.6) is 0 Å². The molecule has 0 radical (unpaired) electrons. The number of carbonyl (C=O) groups is 1. The molecule has 0 fully saturated rings. The largest absolute Gasteiger partial charge is 0.460 e. The number of halogens is 4. The molecule has 0 bridgehead atoms. The highest BCUT2D eigenvalue weighted by molar-refractivity contribution is 6.17. The van der Waals surface area contributed by atoms with E-state index in [1.54, 1.807) is 24.3 Å². The van der Waals surface area contributed by atoms with Gasteiger partial charge in [-0.05, 0) is 43.2 Å². The van der Waals surface area contributed by atoms with Crippen LogP contribution in [0.3, 0.4) is 0 Å². The number of rotatable bonds is 15. The number of para-hydroxylation sites is 1. The van der Waals surface area contributed by atoms with Crippen LogP contribution in [-0.2, 0) is 20.4 Å². The number of carbonyl (C=O) groups excluding carboxylic acids is 1. The lowest BCUT2D eigenvalue weighted by molar-refractivity contribution is -0.137. The molecule has 9 heteroatoms. The van der Waals surface area contributed by atoms with Crippen LogP contribution >= 0.6 is 11.6 Å². The quantitative estimate of drug-likeness (QED) is 0.178. The van der Waals surface area contributed by atoms with Gasteiger partial charge in [-0.3, -0.25) is 0 Å². The van der Waals surface area contributed by atoms with E-state index in [1.165, 1.54) is 12.1 Å². The third kappa shape index (κ3) is 10.5. The molecule has 0 unspecified atom stereocenters. The van der Waals surface area contributed by atoms with Crippen LogP contribution in [0.15, 0.2) is 48.5 Å². The van der Waals surface area contributed by atoms with Crippen LogP contribution in [0.1, 0.15) is 41.6 Å². The maximum absolute atomic E-state index is 12.9. The number of alkyl halides is 4. The highest BCUT2D eigenvalue weighted by Crippen LogP contribution is 2.32. The topological polar surface area (TPSA) is 56.8 Å². The van der Waals surface area contributed by atoms with Crippen molar-refractivity contribution in [3.8, 4) is 0 Å². The van der Waals surface area contributed by atoms with Crippen molar-refractivity contribution in [2.75, 3.05) is 44.2 Å². The molecule has 0 amide bonds. The van der Waals surface area contributed by atoms with E-state index in [0.29, 0.717) is 31.4 Å². The summed E-state index contributed by atoms with van der Waals surface area (Å²) >= 11 is 5.62. The Bertz CT molecular complexity index is 848. The lowest BCUT2D eigenvalue weighted by atomic mass is 10.1. The second kappa shape index (κ2) is 14.8. The van der Waals surface area contributed by atoms with Crippen LogP contribution < -0.4 is 5.32 Å². The fraction of sp³-hybridized carbons (Fsp3) is 0.458. The normalized spacial score (nSPS) is 11.4. The minimum Gasteiger partial charge on any atom is -0.460 e. The zero-order chi connectivity index (χ0) is 23.9. The van der Waals surface area contributed by atoms with E-state index in [-0.39, 0.29) is 24.5 Å². The second-order valence-corrected chi connectivity index (χ2v) is 7.59. The second-order valence-electron chi connectivity index (χ2n) is 7.21. The summed E-state index contributed by atoms with van der Waals surface area (Å²) in [4.78, 5) is 12.4. The molecule has 0 aliphatic carbocycles. The van der Waals surface area contributed by atoms with Crippen LogP contribution in [0.25, 0.3) is 0 Å². The van der Waals surface area contributed by atoms with Crippen molar-refractivity contribution in [1.82, 2.24) is 0 Å². The number of ether oxygens (including phenoxy) is 3. The van der Waals surface area contributed by atoms with E-state index >= 15 is 0 Å². The maximum atomic E-state index is 12.9. The number of anilines is 2. The summed E-state index contributed by atoms with van der Waals surface area (Å²) in [5, 5.41) is 2.86. The fourth-order valence-electron chi connectivity index (χ4n) is 2.94. The van der Waals surface area contributed by atoms with Gasteiger partial charge in [-0.2, -0.15) is 13.2 Å². The molecule has 5 nitrogen and oxygen atoms in total. The Hall–Kier alpha value is -2.29. The van der Waals surface area contributed by atoms with Gasteiger partial charge in [-0.25, -0.2) is 4.79 Å². The summed E-state index contributed by atoms with van der Waals surface area (Å²) in [5.74, 6) is 0.0962. The Balaban J connectivity index is 1.72. The third-order valence-electron chi connectivity index (χ3n) is 4.62. The van der Waals surface area contributed by atoms with E-state index in [2.05, 4.69) is 5.32 Å². The van der Waals surface area contributed by atoms with E-state index in [0.717, 1.165) is 37.8 Å². The van der Waals surface area contributed by atoms with Gasteiger partial charge in [-0.1, -0.05) is 31.0 Å².